The SMILES string of the molecule is CC(=O)OCC1=C(C(=O)O)N2C(=O)[C@H](NC(=O)C[C@@H](C)c3ccccc3)[C@H]2SC1. The molecule has 2 heterocycles. The molecule has 2 aliphatic rings. The fraction of sp³-hybridized carbons (Fsp3) is 0.400. The Hall–Kier alpha value is -2.81. The van der Waals surface area contributed by atoms with Crippen LogP contribution in [0.5, 0.6) is 0 Å². The normalized spacial score (nSPS) is 21.7. The van der Waals surface area contributed by atoms with Gasteiger partial charge in [0.05, 0.1) is 0 Å². The highest BCUT2D eigenvalue weighted by Crippen LogP contribution is 2.40. The van der Waals surface area contributed by atoms with Crippen LogP contribution in [0.15, 0.2) is 41.6 Å². The molecule has 8 nitrogen and oxygen atoms in total. The van der Waals surface area contributed by atoms with Gasteiger partial charge in [0, 0.05) is 24.7 Å². The Kier molecular flexibility index (Phi) is 6.26. The lowest BCUT2D eigenvalue weighted by atomic mass is 9.96. The number of nitrogens with zero attached hydrogens (tertiary/aromatic N) is 1. The second-order valence-corrected chi connectivity index (χ2v) is 8.11. The molecule has 1 aromatic rings. The van der Waals surface area contributed by atoms with Gasteiger partial charge in [0.2, 0.25) is 5.91 Å². The summed E-state index contributed by atoms with van der Waals surface area (Å²) in [6, 6.07) is 8.84. The molecule has 1 fully saturated rings. The van der Waals surface area contributed by atoms with Crippen LogP contribution in [-0.4, -0.2) is 57.5 Å². The summed E-state index contributed by atoms with van der Waals surface area (Å²) in [6.45, 7) is 2.99. The van der Waals surface area contributed by atoms with E-state index in [0.717, 1.165) is 5.56 Å². The highest BCUT2D eigenvalue weighted by Gasteiger charge is 2.54. The lowest BCUT2D eigenvalue weighted by Gasteiger charge is -2.49. The summed E-state index contributed by atoms with van der Waals surface area (Å²) in [5.74, 6) is -2.22. The number of thioether (sulfide) groups is 1. The van der Waals surface area contributed by atoms with Crippen molar-refractivity contribution in [2.24, 2.45) is 0 Å². The van der Waals surface area contributed by atoms with E-state index in [1.807, 2.05) is 37.3 Å². The zero-order valence-corrected chi connectivity index (χ0v) is 16.9. The number of carbonyl (C=O) groups excluding carboxylic acids is 3. The maximum absolute atomic E-state index is 12.6. The molecule has 1 saturated heterocycles. The van der Waals surface area contributed by atoms with Crippen molar-refractivity contribution in [3.05, 3.63) is 47.2 Å². The number of esters is 1. The third-order valence-electron chi connectivity index (χ3n) is 4.88. The third-order valence-corrected chi connectivity index (χ3v) is 6.22. The summed E-state index contributed by atoms with van der Waals surface area (Å²) in [5.41, 5.74) is 1.23. The molecular formula is C20H22N2O6S. The van der Waals surface area contributed by atoms with Crippen molar-refractivity contribution >= 4 is 35.5 Å². The quantitative estimate of drug-likeness (QED) is 0.509. The van der Waals surface area contributed by atoms with Crippen LogP contribution < -0.4 is 5.32 Å². The molecule has 0 radical (unpaired) electrons. The second-order valence-electron chi connectivity index (χ2n) is 7.01. The summed E-state index contributed by atoms with van der Waals surface area (Å²) < 4.78 is 4.90. The molecule has 29 heavy (non-hydrogen) atoms. The summed E-state index contributed by atoms with van der Waals surface area (Å²) in [7, 11) is 0. The van der Waals surface area contributed by atoms with Gasteiger partial charge in [-0.2, -0.15) is 0 Å². The summed E-state index contributed by atoms with van der Waals surface area (Å²) in [4.78, 5) is 48.9. The smallest absolute Gasteiger partial charge is 0.352 e. The van der Waals surface area contributed by atoms with E-state index in [2.05, 4.69) is 5.32 Å². The van der Waals surface area contributed by atoms with Crippen LogP contribution >= 0.6 is 11.8 Å². The molecule has 0 saturated carbocycles. The Morgan fingerprint density at radius 1 is 1.31 bits per heavy atom. The zero-order chi connectivity index (χ0) is 21.1. The lowest BCUT2D eigenvalue weighted by molar-refractivity contribution is -0.151. The number of fused-ring (bicyclic) bond motifs is 1. The Morgan fingerprint density at radius 3 is 2.62 bits per heavy atom. The first kappa shape index (κ1) is 20.9. The molecule has 0 unspecified atom stereocenters. The molecule has 154 valence electrons. The van der Waals surface area contributed by atoms with Gasteiger partial charge >= 0.3 is 11.9 Å². The van der Waals surface area contributed by atoms with E-state index >= 15 is 0 Å². The maximum Gasteiger partial charge on any atom is 0.352 e. The van der Waals surface area contributed by atoms with E-state index in [4.69, 9.17) is 4.74 Å². The van der Waals surface area contributed by atoms with Crippen LogP contribution in [0.1, 0.15) is 31.7 Å². The van der Waals surface area contributed by atoms with Gasteiger partial charge in [-0.05, 0) is 11.5 Å². The summed E-state index contributed by atoms with van der Waals surface area (Å²) in [6.07, 6.45) is 0.227. The Balaban J connectivity index is 1.65. The number of carbonyl (C=O) groups is 4. The molecular weight excluding hydrogens is 396 g/mol. The summed E-state index contributed by atoms with van der Waals surface area (Å²) >= 11 is 1.34. The number of nitrogens with one attached hydrogen (secondary N) is 1. The Labute approximate surface area is 172 Å². The highest BCUT2D eigenvalue weighted by molar-refractivity contribution is 8.00. The van der Waals surface area contributed by atoms with Crippen LogP contribution in [0.3, 0.4) is 0 Å². The van der Waals surface area contributed by atoms with Crippen molar-refractivity contribution in [2.75, 3.05) is 12.4 Å². The topological polar surface area (TPSA) is 113 Å². The minimum absolute atomic E-state index is 0.00806. The molecule has 9 heteroatoms. The van der Waals surface area contributed by atoms with E-state index in [-0.39, 0.29) is 30.5 Å². The maximum atomic E-state index is 12.6. The number of rotatable bonds is 7. The minimum atomic E-state index is -1.26. The standard InChI is InChI=1S/C20H22N2O6S/c1-11(13-6-4-3-5-7-13)8-15(24)21-16-18(25)22-17(20(26)27)14(9-28-12(2)23)10-29-19(16)22/h3-7,11,16,19H,8-10H2,1-2H3,(H,21,24)(H,26,27)/t11-,16+,19-/m1/s1. The van der Waals surface area contributed by atoms with E-state index < -0.39 is 29.3 Å². The van der Waals surface area contributed by atoms with Crippen molar-refractivity contribution in [1.29, 1.82) is 0 Å². The number of carboxylic acid groups (broad SMARTS) is 1. The fourth-order valence-corrected chi connectivity index (χ4v) is 4.72. The van der Waals surface area contributed by atoms with E-state index in [1.54, 1.807) is 0 Å². The number of aliphatic carboxylic acids is 1. The van der Waals surface area contributed by atoms with E-state index in [0.29, 0.717) is 11.3 Å². The summed E-state index contributed by atoms with van der Waals surface area (Å²) in [5, 5.41) is 11.8. The van der Waals surface area contributed by atoms with Gasteiger partial charge in [-0.3, -0.25) is 19.3 Å². The zero-order valence-electron chi connectivity index (χ0n) is 16.1. The largest absolute Gasteiger partial charge is 0.477 e. The van der Waals surface area contributed by atoms with Crippen LogP contribution in [0.2, 0.25) is 0 Å². The Bertz CT molecular complexity index is 869. The molecule has 0 bridgehead atoms. The average molecular weight is 418 g/mol. The molecule has 2 aliphatic heterocycles. The monoisotopic (exact) mass is 418 g/mol. The van der Waals surface area contributed by atoms with Gasteiger partial charge < -0.3 is 15.2 Å². The molecule has 2 amide bonds. The number of hydrogen-bond donors (Lipinski definition) is 2. The van der Waals surface area contributed by atoms with Crippen molar-refractivity contribution < 1.29 is 29.0 Å². The van der Waals surface area contributed by atoms with Crippen molar-refractivity contribution in [1.82, 2.24) is 10.2 Å². The van der Waals surface area contributed by atoms with Crippen molar-refractivity contribution in [2.45, 2.75) is 37.6 Å². The van der Waals surface area contributed by atoms with Crippen LogP contribution in [0.25, 0.3) is 0 Å². The number of ether oxygens (including phenoxy) is 1. The second kappa shape index (κ2) is 8.69. The molecule has 0 spiro atoms. The van der Waals surface area contributed by atoms with Gasteiger partial charge in [0.1, 0.15) is 23.7 Å². The molecule has 2 N–H and O–H groups in total. The molecule has 0 aromatic heterocycles. The number of carboxylic acids is 1. The first-order valence-corrected chi connectivity index (χ1v) is 10.2. The molecule has 3 atom stereocenters. The van der Waals surface area contributed by atoms with Crippen LogP contribution in [0, 0.1) is 0 Å². The van der Waals surface area contributed by atoms with Gasteiger partial charge in [0.25, 0.3) is 5.91 Å². The van der Waals surface area contributed by atoms with Crippen molar-refractivity contribution in [3.8, 4) is 0 Å². The van der Waals surface area contributed by atoms with Gasteiger partial charge in [0.15, 0.2) is 0 Å². The van der Waals surface area contributed by atoms with Gasteiger partial charge in [-0.1, -0.05) is 37.3 Å². The number of hydrogen-bond acceptors (Lipinski definition) is 6. The van der Waals surface area contributed by atoms with Crippen molar-refractivity contribution in [3.63, 3.8) is 0 Å². The third kappa shape index (κ3) is 4.45. The first-order chi connectivity index (χ1) is 13.8. The van der Waals surface area contributed by atoms with E-state index in [9.17, 15) is 24.3 Å². The van der Waals surface area contributed by atoms with Crippen LogP contribution in [-0.2, 0) is 23.9 Å². The van der Waals surface area contributed by atoms with Gasteiger partial charge in [-0.25, -0.2) is 4.79 Å². The highest BCUT2D eigenvalue weighted by atomic mass is 32.2. The van der Waals surface area contributed by atoms with Gasteiger partial charge in [-0.15, -0.1) is 11.8 Å². The lowest BCUT2D eigenvalue weighted by Crippen LogP contribution is -2.70. The molecule has 1 aromatic carbocycles. The number of β-lactam (4-membered cyclic amide) rings is 1. The number of benzene rings is 1. The first-order valence-electron chi connectivity index (χ1n) is 9.17. The molecule has 3 rings (SSSR count). The van der Waals surface area contributed by atoms with Crippen LogP contribution in [0.4, 0.5) is 0 Å². The predicted molar refractivity (Wildman–Crippen MR) is 106 cm³/mol. The fourth-order valence-electron chi connectivity index (χ4n) is 3.39. The van der Waals surface area contributed by atoms with E-state index in [1.165, 1.54) is 23.6 Å². The minimum Gasteiger partial charge on any atom is -0.477 e. The number of amides is 2. The molecule has 0 aliphatic carbocycles. The Morgan fingerprint density at radius 2 is 2.00 bits per heavy atom. The average Bonchev–Trinajstić information content (AvgIpc) is 2.70. The predicted octanol–water partition coefficient (Wildman–Crippen LogP) is 1.48.